The summed E-state index contributed by atoms with van der Waals surface area (Å²) in [4.78, 5) is 27.3. The molecule has 6 nitrogen and oxygen atoms in total. The van der Waals surface area contributed by atoms with Crippen LogP contribution in [0.25, 0.3) is 22.3 Å². The average Bonchev–Trinajstić information content (AvgIpc) is 3.30. The number of amides is 1. The van der Waals surface area contributed by atoms with Crippen molar-refractivity contribution in [3.8, 4) is 17.0 Å². The van der Waals surface area contributed by atoms with E-state index in [1.807, 2.05) is 40.7 Å². The van der Waals surface area contributed by atoms with Crippen molar-refractivity contribution in [1.29, 1.82) is 0 Å². The van der Waals surface area contributed by atoms with Gasteiger partial charge in [-0.2, -0.15) is 0 Å². The van der Waals surface area contributed by atoms with Gasteiger partial charge in [-0.25, -0.2) is 9.97 Å². The Kier molecular flexibility index (Phi) is 4.92. The number of hydrogen-bond acceptors (Lipinski definition) is 5. The van der Waals surface area contributed by atoms with E-state index in [1.165, 1.54) is 11.3 Å². The highest BCUT2D eigenvalue weighted by molar-refractivity contribution is 7.14. The maximum absolute atomic E-state index is 13.2. The number of methoxy groups -OCH3 is 1. The van der Waals surface area contributed by atoms with Crippen molar-refractivity contribution < 1.29 is 9.53 Å². The van der Waals surface area contributed by atoms with E-state index in [0.717, 1.165) is 45.8 Å². The minimum absolute atomic E-state index is 0.00561. The molecule has 1 fully saturated rings. The number of halogens is 1. The number of nitrogens with one attached hydrogen (secondary N) is 1. The zero-order valence-corrected chi connectivity index (χ0v) is 17.8. The van der Waals surface area contributed by atoms with Gasteiger partial charge >= 0.3 is 0 Å². The molecule has 30 heavy (non-hydrogen) atoms. The Morgan fingerprint density at radius 2 is 2.23 bits per heavy atom. The predicted molar refractivity (Wildman–Crippen MR) is 119 cm³/mol. The first kappa shape index (κ1) is 19.1. The number of H-pyrrole nitrogens is 1. The molecule has 0 aliphatic heterocycles. The fraction of sp³-hybridized carbons (Fsp3) is 0.227. The van der Waals surface area contributed by atoms with E-state index >= 15 is 0 Å². The Morgan fingerprint density at radius 1 is 1.37 bits per heavy atom. The Morgan fingerprint density at radius 3 is 3.00 bits per heavy atom. The number of anilines is 1. The van der Waals surface area contributed by atoms with Gasteiger partial charge in [0.05, 0.1) is 19.2 Å². The number of benzene rings is 1. The number of fused-ring (bicyclic) bond motifs is 1. The Balaban J connectivity index is 1.42. The monoisotopic (exact) mass is 438 g/mol. The van der Waals surface area contributed by atoms with Crippen molar-refractivity contribution in [3.05, 3.63) is 58.7 Å². The van der Waals surface area contributed by atoms with Crippen LogP contribution in [0.15, 0.2) is 48.1 Å². The zero-order valence-electron chi connectivity index (χ0n) is 16.3. The smallest absolute Gasteiger partial charge is 0.233 e. The van der Waals surface area contributed by atoms with Crippen LogP contribution in [0, 0.1) is 0 Å². The lowest BCUT2D eigenvalue weighted by Crippen LogP contribution is -2.34. The van der Waals surface area contributed by atoms with Crippen LogP contribution < -0.4 is 9.64 Å². The van der Waals surface area contributed by atoms with Crippen LogP contribution in [-0.2, 0) is 11.2 Å². The number of aromatic nitrogens is 3. The predicted octanol–water partition coefficient (Wildman–Crippen LogP) is 5.09. The molecule has 0 radical (unpaired) electrons. The first-order valence-corrected chi connectivity index (χ1v) is 10.9. The molecule has 0 spiro atoms. The standard InChI is InChI=1S/C22H19ClN4O2S/c1-29-15-7-4-13(18(23)10-15)9-20(28)27(14-5-6-14)22-26-19(12-30-22)17-11-25-21-16(17)3-2-8-24-21/h2-4,7-8,10-12,14H,5-6,9H2,1H3,(H,24,25). The molecule has 4 aromatic rings. The Bertz CT molecular complexity index is 1230. The minimum atomic E-state index is 0.00561. The van der Waals surface area contributed by atoms with Gasteiger partial charge in [-0.3, -0.25) is 9.69 Å². The van der Waals surface area contributed by atoms with Gasteiger partial charge < -0.3 is 9.72 Å². The number of hydrogen-bond donors (Lipinski definition) is 1. The van der Waals surface area contributed by atoms with Crippen molar-refractivity contribution in [2.45, 2.75) is 25.3 Å². The molecule has 8 heteroatoms. The normalized spacial score (nSPS) is 13.5. The highest BCUT2D eigenvalue weighted by atomic mass is 35.5. The van der Waals surface area contributed by atoms with Gasteiger partial charge in [0, 0.05) is 39.8 Å². The topological polar surface area (TPSA) is 71.1 Å². The van der Waals surface area contributed by atoms with Crippen LogP contribution in [-0.4, -0.2) is 34.0 Å². The molecule has 1 N–H and O–H groups in total. The number of thiazole rings is 1. The maximum atomic E-state index is 13.2. The van der Waals surface area contributed by atoms with E-state index in [0.29, 0.717) is 10.8 Å². The molecule has 152 valence electrons. The van der Waals surface area contributed by atoms with Gasteiger partial charge in [0.2, 0.25) is 5.91 Å². The quantitative estimate of drug-likeness (QED) is 0.455. The maximum Gasteiger partial charge on any atom is 0.233 e. The zero-order chi connectivity index (χ0) is 20.7. The molecule has 0 saturated heterocycles. The van der Waals surface area contributed by atoms with E-state index in [9.17, 15) is 4.79 Å². The third-order valence-electron chi connectivity index (χ3n) is 5.21. The van der Waals surface area contributed by atoms with E-state index in [4.69, 9.17) is 21.3 Å². The molecule has 1 amide bonds. The molecule has 0 bridgehead atoms. The lowest BCUT2D eigenvalue weighted by atomic mass is 10.1. The largest absolute Gasteiger partial charge is 0.497 e. The van der Waals surface area contributed by atoms with Crippen molar-refractivity contribution in [2.24, 2.45) is 0 Å². The number of nitrogens with zero attached hydrogens (tertiary/aromatic N) is 3. The molecule has 0 unspecified atom stereocenters. The Hall–Kier alpha value is -2.90. The summed E-state index contributed by atoms with van der Waals surface area (Å²) in [7, 11) is 1.59. The lowest BCUT2D eigenvalue weighted by molar-refractivity contribution is -0.118. The van der Waals surface area contributed by atoms with Gasteiger partial charge in [0.1, 0.15) is 11.4 Å². The second kappa shape index (κ2) is 7.74. The van der Waals surface area contributed by atoms with Crippen molar-refractivity contribution >= 4 is 45.0 Å². The number of pyridine rings is 1. The van der Waals surface area contributed by atoms with Gasteiger partial charge in [0.25, 0.3) is 0 Å². The SMILES string of the molecule is COc1ccc(CC(=O)N(c2nc(-c3c[nH]c4ncccc34)cs2)C2CC2)c(Cl)c1. The van der Waals surface area contributed by atoms with E-state index < -0.39 is 0 Å². The molecular weight excluding hydrogens is 420 g/mol. The van der Waals surface area contributed by atoms with Gasteiger partial charge in [-0.15, -0.1) is 11.3 Å². The fourth-order valence-corrected chi connectivity index (χ4v) is 4.66. The van der Waals surface area contributed by atoms with Crippen LogP contribution in [0.5, 0.6) is 5.75 Å². The first-order chi connectivity index (χ1) is 14.6. The highest BCUT2D eigenvalue weighted by Gasteiger charge is 2.35. The van der Waals surface area contributed by atoms with E-state index in [-0.39, 0.29) is 18.4 Å². The molecule has 1 saturated carbocycles. The van der Waals surface area contributed by atoms with Gasteiger partial charge in [-0.05, 0) is 42.7 Å². The van der Waals surface area contributed by atoms with Crippen LogP contribution in [0.3, 0.4) is 0 Å². The van der Waals surface area contributed by atoms with Crippen molar-refractivity contribution in [1.82, 2.24) is 15.0 Å². The summed E-state index contributed by atoms with van der Waals surface area (Å²) in [6.45, 7) is 0. The summed E-state index contributed by atoms with van der Waals surface area (Å²) < 4.78 is 5.19. The molecule has 0 atom stereocenters. The third kappa shape index (κ3) is 3.55. The summed E-state index contributed by atoms with van der Waals surface area (Å²) in [5.41, 5.74) is 3.44. The van der Waals surface area contributed by atoms with Crippen LogP contribution in [0.2, 0.25) is 5.02 Å². The van der Waals surface area contributed by atoms with E-state index in [2.05, 4.69) is 9.97 Å². The van der Waals surface area contributed by atoms with Crippen LogP contribution >= 0.6 is 22.9 Å². The third-order valence-corrected chi connectivity index (χ3v) is 6.40. The molecule has 1 aromatic carbocycles. The Labute approximate surface area is 182 Å². The number of aromatic amines is 1. The second-order valence-electron chi connectivity index (χ2n) is 7.25. The van der Waals surface area contributed by atoms with Crippen molar-refractivity contribution in [2.75, 3.05) is 12.0 Å². The summed E-state index contributed by atoms with van der Waals surface area (Å²) in [6, 6.07) is 9.53. The lowest BCUT2D eigenvalue weighted by Gasteiger charge is -2.20. The van der Waals surface area contributed by atoms with Gasteiger partial charge in [0.15, 0.2) is 5.13 Å². The number of carbonyl (C=O) groups excluding carboxylic acids is 1. The number of carbonyl (C=O) groups is 1. The van der Waals surface area contributed by atoms with Crippen LogP contribution in [0.4, 0.5) is 5.13 Å². The summed E-state index contributed by atoms with van der Waals surface area (Å²) in [5.74, 6) is 0.680. The van der Waals surface area contributed by atoms with Crippen molar-refractivity contribution in [3.63, 3.8) is 0 Å². The first-order valence-electron chi connectivity index (χ1n) is 9.66. The second-order valence-corrected chi connectivity index (χ2v) is 8.49. The highest BCUT2D eigenvalue weighted by Crippen LogP contribution is 2.37. The number of rotatable bonds is 6. The fourth-order valence-electron chi connectivity index (χ4n) is 3.51. The average molecular weight is 439 g/mol. The molecule has 3 heterocycles. The summed E-state index contributed by atoms with van der Waals surface area (Å²) in [6.07, 6.45) is 5.89. The summed E-state index contributed by atoms with van der Waals surface area (Å²) >= 11 is 7.84. The molecule has 1 aliphatic carbocycles. The van der Waals surface area contributed by atoms with Gasteiger partial charge in [-0.1, -0.05) is 17.7 Å². The minimum Gasteiger partial charge on any atom is -0.497 e. The molecular formula is C22H19ClN4O2S. The summed E-state index contributed by atoms with van der Waals surface area (Å²) in [5, 5.41) is 4.27. The van der Waals surface area contributed by atoms with E-state index in [1.54, 1.807) is 19.4 Å². The molecule has 5 rings (SSSR count). The molecule has 1 aliphatic rings. The number of ether oxygens (including phenoxy) is 1. The van der Waals surface area contributed by atoms with Crippen LogP contribution in [0.1, 0.15) is 18.4 Å². The molecule has 3 aromatic heterocycles.